The van der Waals surface area contributed by atoms with Gasteiger partial charge in [-0.15, -0.1) is 0 Å². The predicted octanol–water partition coefficient (Wildman–Crippen LogP) is 1.91. The van der Waals surface area contributed by atoms with E-state index in [0.717, 1.165) is 0 Å². The smallest absolute Gasteiger partial charge is 0.434 e. The molecule has 1 unspecified atom stereocenters. The molecule has 0 radical (unpaired) electrons. The lowest BCUT2D eigenvalue weighted by Gasteiger charge is -2.17. The van der Waals surface area contributed by atoms with Crippen LogP contribution < -0.4 is 0 Å². The highest BCUT2D eigenvalue weighted by Gasteiger charge is 2.25. The van der Waals surface area contributed by atoms with E-state index in [-0.39, 0.29) is 18.0 Å². The summed E-state index contributed by atoms with van der Waals surface area (Å²) in [5, 5.41) is 10.7. The largest absolute Gasteiger partial charge is 0.448 e. The Hall–Kier alpha value is -2.12. The van der Waals surface area contributed by atoms with Crippen LogP contribution in [0.25, 0.3) is 0 Å². The number of nitrogens with zero attached hydrogens (tertiary/aromatic N) is 4. The number of imidazole rings is 1. The first kappa shape index (κ1) is 15.9. The van der Waals surface area contributed by atoms with E-state index in [4.69, 9.17) is 4.74 Å². The van der Waals surface area contributed by atoms with Crippen LogP contribution in [0.2, 0.25) is 0 Å². The number of carbonyl (C=O) groups excluding carboxylic acids is 1. The Morgan fingerprint density at radius 3 is 2.75 bits per heavy atom. The summed E-state index contributed by atoms with van der Waals surface area (Å²) in [5.41, 5.74) is 0. The van der Waals surface area contributed by atoms with Crippen LogP contribution in [0.5, 0.6) is 0 Å². The molecule has 1 aliphatic heterocycles. The SMILES string of the molecule is CC.CC(CN1CCOC1=O)Cn1ccnc1[N+](=O)[O-]. The predicted molar refractivity (Wildman–Crippen MR) is 72.3 cm³/mol. The minimum Gasteiger partial charge on any atom is -0.448 e. The Balaban J connectivity index is 0.000000956. The topological polar surface area (TPSA) is 90.5 Å². The third-order valence-corrected chi connectivity index (χ3v) is 2.74. The zero-order chi connectivity index (χ0) is 15.1. The number of cyclic esters (lactones) is 1. The van der Waals surface area contributed by atoms with Gasteiger partial charge in [0.25, 0.3) is 0 Å². The molecule has 1 fully saturated rings. The van der Waals surface area contributed by atoms with Gasteiger partial charge in [-0.25, -0.2) is 9.36 Å². The first-order valence-electron chi connectivity index (χ1n) is 6.65. The molecule has 0 N–H and O–H groups in total. The summed E-state index contributed by atoms with van der Waals surface area (Å²) in [7, 11) is 0. The highest BCUT2D eigenvalue weighted by Crippen LogP contribution is 2.13. The molecule has 0 aromatic carbocycles. The highest BCUT2D eigenvalue weighted by atomic mass is 16.6. The number of amides is 1. The molecule has 20 heavy (non-hydrogen) atoms. The average Bonchev–Trinajstić information content (AvgIpc) is 3.02. The molecule has 2 heterocycles. The molecule has 0 aliphatic carbocycles. The van der Waals surface area contributed by atoms with Gasteiger partial charge in [-0.2, -0.15) is 0 Å². The van der Waals surface area contributed by atoms with Gasteiger partial charge in [0.05, 0.1) is 13.1 Å². The van der Waals surface area contributed by atoms with Crippen LogP contribution in [0.15, 0.2) is 12.4 Å². The van der Waals surface area contributed by atoms with E-state index in [0.29, 0.717) is 26.2 Å². The number of ether oxygens (including phenoxy) is 1. The van der Waals surface area contributed by atoms with Crippen molar-refractivity contribution in [3.63, 3.8) is 0 Å². The maximum Gasteiger partial charge on any atom is 0.434 e. The van der Waals surface area contributed by atoms with Gasteiger partial charge in [0.2, 0.25) is 0 Å². The molecule has 1 aliphatic rings. The van der Waals surface area contributed by atoms with Crippen LogP contribution >= 0.6 is 0 Å². The lowest BCUT2D eigenvalue weighted by Crippen LogP contribution is -2.31. The van der Waals surface area contributed by atoms with Crippen molar-refractivity contribution in [2.24, 2.45) is 5.92 Å². The Morgan fingerprint density at radius 2 is 2.20 bits per heavy atom. The van der Waals surface area contributed by atoms with Gasteiger partial charge >= 0.3 is 12.0 Å². The number of hydrogen-bond donors (Lipinski definition) is 0. The normalized spacial score (nSPS) is 15.3. The minimum absolute atomic E-state index is 0.0866. The molecule has 8 heteroatoms. The third-order valence-electron chi connectivity index (χ3n) is 2.74. The summed E-state index contributed by atoms with van der Waals surface area (Å²) in [5.74, 6) is -0.0885. The zero-order valence-electron chi connectivity index (χ0n) is 12.0. The fourth-order valence-electron chi connectivity index (χ4n) is 1.98. The summed E-state index contributed by atoms with van der Waals surface area (Å²) in [6.45, 7) is 7.88. The fourth-order valence-corrected chi connectivity index (χ4v) is 1.98. The van der Waals surface area contributed by atoms with Crippen molar-refractivity contribution in [3.8, 4) is 0 Å². The van der Waals surface area contributed by atoms with Crippen molar-refractivity contribution in [3.05, 3.63) is 22.5 Å². The van der Waals surface area contributed by atoms with Gasteiger partial charge in [-0.05, 0) is 4.92 Å². The molecule has 8 nitrogen and oxygen atoms in total. The molecule has 2 rings (SSSR count). The van der Waals surface area contributed by atoms with Gasteiger partial charge in [0.1, 0.15) is 19.0 Å². The molecule has 0 spiro atoms. The molecule has 112 valence electrons. The Kier molecular flexibility index (Phi) is 5.95. The summed E-state index contributed by atoms with van der Waals surface area (Å²) in [6.07, 6.45) is 2.65. The minimum atomic E-state index is -0.517. The molecule has 1 saturated heterocycles. The van der Waals surface area contributed by atoms with E-state index in [1.165, 1.54) is 10.8 Å². The van der Waals surface area contributed by atoms with Crippen molar-refractivity contribution in [2.45, 2.75) is 27.3 Å². The van der Waals surface area contributed by atoms with Crippen LogP contribution in [0.3, 0.4) is 0 Å². The van der Waals surface area contributed by atoms with Crippen molar-refractivity contribution < 1.29 is 14.5 Å². The average molecular weight is 284 g/mol. The number of nitro groups is 1. The molecule has 1 atom stereocenters. The second-order valence-corrected chi connectivity index (χ2v) is 4.30. The summed E-state index contributed by atoms with van der Waals surface area (Å²) in [6, 6.07) is 0. The molecule has 0 saturated carbocycles. The molecule has 1 aromatic rings. The first-order valence-corrected chi connectivity index (χ1v) is 6.65. The van der Waals surface area contributed by atoms with Crippen LogP contribution in [-0.4, -0.2) is 45.2 Å². The van der Waals surface area contributed by atoms with Gasteiger partial charge < -0.3 is 19.8 Å². The van der Waals surface area contributed by atoms with Gasteiger partial charge in [-0.3, -0.25) is 0 Å². The molecule has 0 bridgehead atoms. The molecular formula is C12H20N4O4. The van der Waals surface area contributed by atoms with Crippen LogP contribution in [0.4, 0.5) is 10.7 Å². The van der Waals surface area contributed by atoms with E-state index < -0.39 is 4.92 Å². The van der Waals surface area contributed by atoms with E-state index in [1.807, 2.05) is 20.8 Å². The van der Waals surface area contributed by atoms with Crippen molar-refractivity contribution in [1.29, 1.82) is 0 Å². The van der Waals surface area contributed by atoms with Crippen molar-refractivity contribution in [2.75, 3.05) is 19.7 Å². The maximum absolute atomic E-state index is 11.3. The summed E-state index contributed by atoms with van der Waals surface area (Å²) >= 11 is 0. The van der Waals surface area contributed by atoms with Crippen molar-refractivity contribution in [1.82, 2.24) is 14.5 Å². The van der Waals surface area contributed by atoms with Crippen LogP contribution in [0, 0.1) is 16.0 Å². The second-order valence-electron chi connectivity index (χ2n) is 4.30. The molecular weight excluding hydrogens is 264 g/mol. The molecule has 1 amide bonds. The van der Waals surface area contributed by atoms with E-state index in [1.54, 1.807) is 11.1 Å². The lowest BCUT2D eigenvalue weighted by atomic mass is 10.1. The quantitative estimate of drug-likeness (QED) is 0.608. The Morgan fingerprint density at radius 1 is 1.50 bits per heavy atom. The lowest BCUT2D eigenvalue weighted by molar-refractivity contribution is -0.396. The van der Waals surface area contributed by atoms with E-state index in [2.05, 4.69) is 4.98 Å². The Bertz CT molecular complexity index is 460. The number of hydrogen-bond acceptors (Lipinski definition) is 5. The summed E-state index contributed by atoms with van der Waals surface area (Å²) < 4.78 is 6.30. The van der Waals surface area contributed by atoms with Gasteiger partial charge in [0.15, 0.2) is 0 Å². The van der Waals surface area contributed by atoms with E-state index >= 15 is 0 Å². The molecule has 1 aromatic heterocycles. The standard InChI is InChI=1S/C10H14N4O4.C2H6/c1-8(7-13-4-5-18-10(13)15)6-12-3-2-11-9(12)14(16)17;1-2/h2-3,8H,4-7H2,1H3;1-2H3. The van der Waals surface area contributed by atoms with Crippen LogP contribution in [-0.2, 0) is 11.3 Å². The van der Waals surface area contributed by atoms with E-state index in [9.17, 15) is 14.9 Å². The third kappa shape index (κ3) is 3.94. The zero-order valence-corrected chi connectivity index (χ0v) is 12.0. The van der Waals surface area contributed by atoms with Crippen LogP contribution in [0.1, 0.15) is 20.8 Å². The fraction of sp³-hybridized carbons (Fsp3) is 0.667. The van der Waals surface area contributed by atoms with Crippen molar-refractivity contribution >= 4 is 12.0 Å². The number of carbonyl (C=O) groups is 1. The Labute approximate surface area is 117 Å². The number of aromatic nitrogens is 2. The second kappa shape index (κ2) is 7.46. The summed E-state index contributed by atoms with van der Waals surface area (Å²) in [4.78, 5) is 26.7. The van der Waals surface area contributed by atoms with Gasteiger partial charge in [-0.1, -0.05) is 25.8 Å². The monoisotopic (exact) mass is 284 g/mol. The number of rotatable bonds is 5. The first-order chi connectivity index (χ1) is 9.58. The maximum atomic E-state index is 11.3. The van der Waals surface area contributed by atoms with Gasteiger partial charge in [0, 0.05) is 12.5 Å². The highest BCUT2D eigenvalue weighted by molar-refractivity contribution is 5.69.